The minimum atomic E-state index is 0. The molecule has 0 radical (unpaired) electrons. The number of hydrogen-bond acceptors (Lipinski definition) is 3. The van der Waals surface area contributed by atoms with Crippen LogP contribution < -0.4 is 0 Å². The third-order valence-electron chi connectivity index (χ3n) is 13.0. The van der Waals surface area contributed by atoms with Crippen LogP contribution in [0.5, 0.6) is 0 Å². The average molecular weight is 1090 g/mol. The van der Waals surface area contributed by atoms with E-state index in [1.165, 1.54) is 38.9 Å². The number of pyridine rings is 3. The molecule has 11 aromatic rings. The summed E-state index contributed by atoms with van der Waals surface area (Å²) in [4.78, 5) is 14.9. The molecule has 8 aromatic carbocycles. The zero-order valence-electron chi connectivity index (χ0n) is 39.1. The summed E-state index contributed by atoms with van der Waals surface area (Å²) in [5.74, 6) is 0. The zero-order valence-corrected chi connectivity index (χ0v) is 41.5. The predicted molar refractivity (Wildman–Crippen MR) is 288 cm³/mol. The van der Waals surface area contributed by atoms with Crippen molar-refractivity contribution in [3.63, 3.8) is 0 Å². The van der Waals surface area contributed by atoms with Gasteiger partial charge in [0.15, 0.2) is 0 Å². The van der Waals surface area contributed by atoms with Crippen molar-refractivity contribution in [2.24, 2.45) is 0 Å². The number of aryl methyl sites for hydroxylation is 4. The van der Waals surface area contributed by atoms with E-state index in [0.29, 0.717) is 0 Å². The first-order chi connectivity index (χ1) is 34.7. The van der Waals surface area contributed by atoms with E-state index in [1.807, 2.05) is 54.9 Å². The van der Waals surface area contributed by atoms with Crippen LogP contribution in [0.15, 0.2) is 243 Å². The first-order valence-corrected chi connectivity index (χ1v) is 24.0. The molecule has 0 saturated heterocycles. The number of nitrogens with zero attached hydrogens (tertiary/aromatic N) is 3. The van der Waals surface area contributed by atoms with Gasteiger partial charge < -0.3 is 9.97 Å². The van der Waals surface area contributed by atoms with Gasteiger partial charge in [-0.1, -0.05) is 169 Å². The second kappa shape index (κ2) is 22.1. The smallest absolute Gasteiger partial charge is 0.304 e. The average Bonchev–Trinajstić information content (AvgIpc) is 3.45. The van der Waals surface area contributed by atoms with Crippen molar-refractivity contribution in [3.8, 4) is 89.4 Å². The Morgan fingerprint density at radius 1 is 0.282 bits per heavy atom. The molecule has 3 heterocycles. The van der Waals surface area contributed by atoms with E-state index in [0.717, 1.165) is 98.4 Å². The summed E-state index contributed by atoms with van der Waals surface area (Å²) in [5.41, 5.74) is 22.0. The van der Waals surface area contributed by atoms with Gasteiger partial charge in [0.2, 0.25) is 0 Å². The Balaban J connectivity index is 0.00000582. The van der Waals surface area contributed by atoms with Crippen LogP contribution in [-0.2, 0) is 45.8 Å². The first-order valence-electron chi connectivity index (χ1n) is 24.0. The second-order valence-corrected chi connectivity index (χ2v) is 17.6. The number of benzene rings is 8. The summed E-state index contributed by atoms with van der Waals surface area (Å²) in [6, 6.07) is 89.4. The van der Waals surface area contributed by atoms with E-state index in [2.05, 4.69) is 206 Å². The Labute approximate surface area is 431 Å². The molecule has 71 heavy (non-hydrogen) atoms. The van der Waals surface area contributed by atoms with Gasteiger partial charge in [0, 0.05) is 29.8 Å². The summed E-state index contributed by atoms with van der Waals surface area (Å²) in [7, 11) is 0. The Morgan fingerprint density at radius 2 is 0.775 bits per heavy atom. The molecular formula is C67H48IrN3. The van der Waals surface area contributed by atoms with Crippen molar-refractivity contribution in [1.82, 2.24) is 15.0 Å². The Kier molecular flexibility index (Phi) is 14.5. The third kappa shape index (κ3) is 11.0. The van der Waals surface area contributed by atoms with Gasteiger partial charge in [0.05, 0.1) is 0 Å². The summed E-state index contributed by atoms with van der Waals surface area (Å²) in [5, 5.41) is 0. The fraction of sp³-hybridized carbons (Fsp3) is 0.0597. The fourth-order valence-corrected chi connectivity index (χ4v) is 9.26. The molecule has 0 aliphatic heterocycles. The largest absolute Gasteiger partial charge is 3.00 e. The predicted octanol–water partition coefficient (Wildman–Crippen LogP) is 16.2. The van der Waals surface area contributed by atoms with Gasteiger partial charge in [-0.2, -0.15) is 0 Å². The molecule has 340 valence electrons. The van der Waals surface area contributed by atoms with E-state index >= 15 is 0 Å². The molecule has 0 N–H and O–H groups in total. The van der Waals surface area contributed by atoms with E-state index in [4.69, 9.17) is 15.0 Å². The van der Waals surface area contributed by atoms with Crippen LogP contribution in [0.4, 0.5) is 0 Å². The number of rotatable bonds is 14. The van der Waals surface area contributed by atoms with Crippen LogP contribution in [0.25, 0.3) is 89.4 Å². The molecule has 0 unspecified atom stereocenters. The molecule has 0 spiro atoms. The van der Waals surface area contributed by atoms with Crippen LogP contribution >= 0.6 is 0 Å². The summed E-state index contributed by atoms with van der Waals surface area (Å²) >= 11 is 0. The maximum absolute atomic E-state index is 5.21. The SMILES string of the molecule is [Ir+3].[c-]1ccccc1-c1ccc(CCc2cc(CCc3ccc(-c4[c-]cccc4)nc3)cc(-c3ccccc3-c3cnc(-c4[c-]c(-c5ccccc5)ccc4)cc3-c3ccc(-c4ccccc4)cc3)c2)cn1. The van der Waals surface area contributed by atoms with Crippen molar-refractivity contribution in [3.05, 3.63) is 283 Å². The summed E-state index contributed by atoms with van der Waals surface area (Å²) < 4.78 is 0. The van der Waals surface area contributed by atoms with E-state index < -0.39 is 0 Å². The van der Waals surface area contributed by atoms with E-state index in [-0.39, 0.29) is 20.1 Å². The first kappa shape index (κ1) is 46.6. The molecule has 3 nitrogen and oxygen atoms in total. The fourth-order valence-electron chi connectivity index (χ4n) is 9.26. The van der Waals surface area contributed by atoms with Crippen LogP contribution in [0, 0.1) is 18.2 Å². The molecular weight excluding hydrogens is 1040 g/mol. The van der Waals surface area contributed by atoms with Crippen molar-refractivity contribution in [1.29, 1.82) is 0 Å². The van der Waals surface area contributed by atoms with Crippen molar-refractivity contribution in [2.75, 3.05) is 0 Å². The van der Waals surface area contributed by atoms with E-state index in [9.17, 15) is 0 Å². The van der Waals surface area contributed by atoms with Crippen molar-refractivity contribution < 1.29 is 20.1 Å². The van der Waals surface area contributed by atoms with Gasteiger partial charge in [-0.05, 0) is 98.3 Å². The Hall–Kier alpha value is -8.14. The van der Waals surface area contributed by atoms with Gasteiger partial charge in [-0.15, -0.1) is 102 Å². The summed E-state index contributed by atoms with van der Waals surface area (Å²) in [6.45, 7) is 0. The maximum atomic E-state index is 5.21. The molecule has 0 saturated carbocycles. The quantitative estimate of drug-likeness (QED) is 0.102. The normalized spacial score (nSPS) is 10.9. The van der Waals surface area contributed by atoms with Crippen LogP contribution in [0.1, 0.15) is 22.3 Å². The molecule has 4 heteroatoms. The number of hydrogen-bond donors (Lipinski definition) is 0. The number of aromatic nitrogens is 3. The van der Waals surface area contributed by atoms with Gasteiger partial charge in [0.1, 0.15) is 0 Å². The Morgan fingerprint density at radius 3 is 1.35 bits per heavy atom. The minimum absolute atomic E-state index is 0. The van der Waals surface area contributed by atoms with Gasteiger partial charge in [0.25, 0.3) is 0 Å². The second-order valence-electron chi connectivity index (χ2n) is 17.6. The van der Waals surface area contributed by atoms with Gasteiger partial charge in [-0.3, -0.25) is 4.98 Å². The molecule has 0 atom stereocenters. The molecule has 11 rings (SSSR count). The molecule has 0 amide bonds. The van der Waals surface area contributed by atoms with Crippen LogP contribution in [0.2, 0.25) is 0 Å². The zero-order chi connectivity index (χ0) is 46.9. The molecule has 0 bridgehead atoms. The standard InChI is InChI=1S/C67H48N3.Ir/c1-5-16-52(17-6-1)54-34-36-55(37-35-54)63-44-67(59-25-15-24-58(43-59)53-18-7-2-8-19-53)70-47-64(63)62-27-14-13-26-61(62)60-41-50(30-28-48-32-38-65(68-45-48)56-20-9-3-10-21-56)40-51(42-60)31-29-49-33-39-66(69-46-49)57-22-11-4-12-23-57;/h1-20,22,24-27,32-42,44-47H,28-31H2;/q-3;+3. The summed E-state index contributed by atoms with van der Waals surface area (Å²) in [6.07, 6.45) is 9.58. The van der Waals surface area contributed by atoms with Crippen molar-refractivity contribution in [2.45, 2.75) is 25.7 Å². The minimum Gasteiger partial charge on any atom is -0.304 e. The molecule has 3 aromatic heterocycles. The van der Waals surface area contributed by atoms with Gasteiger partial charge in [-0.25, -0.2) is 0 Å². The third-order valence-corrected chi connectivity index (χ3v) is 13.0. The molecule has 0 aliphatic rings. The maximum Gasteiger partial charge on any atom is 3.00 e. The molecule has 0 aliphatic carbocycles. The molecule has 0 fully saturated rings. The van der Waals surface area contributed by atoms with E-state index in [1.54, 1.807) is 0 Å². The van der Waals surface area contributed by atoms with Crippen molar-refractivity contribution >= 4 is 0 Å². The topological polar surface area (TPSA) is 38.7 Å². The van der Waals surface area contributed by atoms with Crippen LogP contribution in [-0.4, -0.2) is 15.0 Å². The monoisotopic (exact) mass is 1090 g/mol. The van der Waals surface area contributed by atoms with Crippen LogP contribution in [0.3, 0.4) is 0 Å². The van der Waals surface area contributed by atoms with Gasteiger partial charge >= 0.3 is 20.1 Å². The Bertz CT molecular complexity index is 3380.